The zero-order chi connectivity index (χ0) is 22.5. The van der Waals surface area contributed by atoms with Crippen molar-refractivity contribution < 1.29 is 23.1 Å². The SMILES string of the molecule is CC(=O)N1c2ccc3c(ccn3S(=O)(=O)c3ccc(C)cc3)c2C(NC(=O)O)CC1C. The molecular weight excluding hydrogens is 418 g/mol. The third kappa shape index (κ3) is 3.44. The summed E-state index contributed by atoms with van der Waals surface area (Å²) in [7, 11) is -3.85. The van der Waals surface area contributed by atoms with Gasteiger partial charge < -0.3 is 15.3 Å². The van der Waals surface area contributed by atoms with Crippen molar-refractivity contribution in [2.75, 3.05) is 4.90 Å². The molecule has 1 aliphatic heterocycles. The third-order valence-corrected chi connectivity index (χ3v) is 7.40. The summed E-state index contributed by atoms with van der Waals surface area (Å²) in [5, 5.41) is 12.5. The van der Waals surface area contributed by atoms with E-state index in [1.807, 2.05) is 13.8 Å². The van der Waals surface area contributed by atoms with Gasteiger partial charge in [-0.05, 0) is 50.6 Å². The zero-order valence-electron chi connectivity index (χ0n) is 17.4. The highest BCUT2D eigenvalue weighted by molar-refractivity contribution is 7.90. The highest BCUT2D eigenvalue weighted by Crippen LogP contribution is 2.42. The number of nitrogens with zero attached hydrogens (tertiary/aromatic N) is 2. The van der Waals surface area contributed by atoms with E-state index >= 15 is 0 Å². The van der Waals surface area contributed by atoms with Crippen molar-refractivity contribution in [2.45, 2.75) is 44.2 Å². The second-order valence-electron chi connectivity index (χ2n) is 7.84. The first-order chi connectivity index (χ1) is 14.6. The first-order valence-corrected chi connectivity index (χ1v) is 11.3. The number of benzene rings is 2. The van der Waals surface area contributed by atoms with E-state index in [0.717, 1.165) is 5.56 Å². The largest absolute Gasteiger partial charge is 0.465 e. The Morgan fingerprint density at radius 2 is 1.77 bits per heavy atom. The molecule has 2 amide bonds. The lowest BCUT2D eigenvalue weighted by molar-refractivity contribution is -0.117. The lowest BCUT2D eigenvalue weighted by Gasteiger charge is -2.39. The van der Waals surface area contributed by atoms with Crippen molar-refractivity contribution in [3.05, 3.63) is 59.8 Å². The van der Waals surface area contributed by atoms with E-state index in [2.05, 4.69) is 5.32 Å². The molecule has 0 fully saturated rings. The van der Waals surface area contributed by atoms with Gasteiger partial charge >= 0.3 is 6.09 Å². The first kappa shape index (κ1) is 20.9. The zero-order valence-corrected chi connectivity index (χ0v) is 18.2. The van der Waals surface area contributed by atoms with E-state index in [1.54, 1.807) is 47.4 Å². The van der Waals surface area contributed by atoms with Crippen molar-refractivity contribution in [1.82, 2.24) is 9.29 Å². The second kappa shape index (κ2) is 7.42. The molecule has 0 saturated heterocycles. The standard InChI is InChI=1S/C22H23N3O5S/c1-13-4-6-16(7-5-13)31(29,30)24-11-10-17-19(24)8-9-20-21(17)18(23-22(27)28)12-14(2)25(20)15(3)26/h4-11,14,18,23H,12H2,1-3H3,(H,27,28). The van der Waals surface area contributed by atoms with E-state index in [0.29, 0.717) is 28.6 Å². The van der Waals surface area contributed by atoms with Gasteiger partial charge in [0.25, 0.3) is 10.0 Å². The molecule has 3 aromatic rings. The van der Waals surface area contributed by atoms with Gasteiger partial charge in [-0.2, -0.15) is 0 Å². The Hall–Kier alpha value is -3.33. The van der Waals surface area contributed by atoms with Crippen molar-refractivity contribution in [3.63, 3.8) is 0 Å². The summed E-state index contributed by atoms with van der Waals surface area (Å²) < 4.78 is 27.7. The quantitative estimate of drug-likeness (QED) is 0.645. The summed E-state index contributed by atoms with van der Waals surface area (Å²) in [5.41, 5.74) is 2.56. The molecule has 8 nitrogen and oxygen atoms in total. The number of carboxylic acid groups (broad SMARTS) is 1. The Morgan fingerprint density at radius 1 is 1.10 bits per heavy atom. The average molecular weight is 442 g/mol. The van der Waals surface area contributed by atoms with Crippen molar-refractivity contribution in [3.8, 4) is 0 Å². The Labute approximate surface area is 180 Å². The van der Waals surface area contributed by atoms with E-state index in [4.69, 9.17) is 0 Å². The Balaban J connectivity index is 1.94. The first-order valence-electron chi connectivity index (χ1n) is 9.86. The number of hydrogen-bond acceptors (Lipinski definition) is 4. The smallest absolute Gasteiger partial charge is 0.405 e. The van der Waals surface area contributed by atoms with E-state index in [-0.39, 0.29) is 16.8 Å². The number of carbonyl (C=O) groups is 2. The predicted molar refractivity (Wildman–Crippen MR) is 117 cm³/mol. The van der Waals surface area contributed by atoms with Gasteiger partial charge in [0.2, 0.25) is 5.91 Å². The normalized spacial score (nSPS) is 18.6. The predicted octanol–water partition coefficient (Wildman–Crippen LogP) is 3.64. The molecule has 9 heteroatoms. The van der Waals surface area contributed by atoms with E-state index in [1.165, 1.54) is 17.1 Å². The molecule has 1 aromatic heterocycles. The maximum atomic E-state index is 13.3. The summed E-state index contributed by atoms with van der Waals surface area (Å²) in [6.45, 7) is 5.20. The van der Waals surface area contributed by atoms with Crippen LogP contribution in [0.15, 0.2) is 53.6 Å². The Bertz CT molecular complexity index is 1290. The van der Waals surface area contributed by atoms with Gasteiger partial charge in [0.1, 0.15) is 0 Å². The number of hydrogen-bond donors (Lipinski definition) is 2. The van der Waals surface area contributed by atoms with Crippen LogP contribution in [0.25, 0.3) is 10.9 Å². The van der Waals surface area contributed by atoms with Crippen LogP contribution in [-0.2, 0) is 14.8 Å². The van der Waals surface area contributed by atoms with Crippen LogP contribution in [0.5, 0.6) is 0 Å². The van der Waals surface area contributed by atoms with Crippen molar-refractivity contribution in [1.29, 1.82) is 0 Å². The molecule has 1 aliphatic rings. The fraction of sp³-hybridized carbons (Fsp3) is 0.273. The lowest BCUT2D eigenvalue weighted by atomic mass is 9.89. The maximum Gasteiger partial charge on any atom is 0.405 e. The number of aryl methyl sites for hydroxylation is 1. The molecule has 0 saturated carbocycles. The van der Waals surface area contributed by atoms with Crippen LogP contribution in [0.1, 0.15) is 37.4 Å². The average Bonchev–Trinajstić information content (AvgIpc) is 3.12. The maximum absolute atomic E-state index is 13.3. The number of anilines is 1. The topological polar surface area (TPSA) is 109 Å². The van der Waals surface area contributed by atoms with Crippen LogP contribution in [-0.4, -0.2) is 35.5 Å². The van der Waals surface area contributed by atoms with Crippen LogP contribution >= 0.6 is 0 Å². The van der Waals surface area contributed by atoms with Gasteiger partial charge in [-0.1, -0.05) is 17.7 Å². The van der Waals surface area contributed by atoms with Gasteiger partial charge in [-0.3, -0.25) is 4.79 Å². The molecule has 0 bridgehead atoms. The van der Waals surface area contributed by atoms with E-state index < -0.39 is 22.2 Å². The molecule has 2 aromatic carbocycles. The summed E-state index contributed by atoms with van der Waals surface area (Å²) in [5.74, 6) is -0.159. The molecule has 0 radical (unpaired) electrons. The molecule has 162 valence electrons. The summed E-state index contributed by atoms with van der Waals surface area (Å²) in [6.07, 6.45) is 0.672. The van der Waals surface area contributed by atoms with Crippen LogP contribution in [0.2, 0.25) is 0 Å². The molecule has 2 unspecified atom stereocenters. The van der Waals surface area contributed by atoms with Gasteiger partial charge in [0.05, 0.1) is 16.5 Å². The monoisotopic (exact) mass is 441 g/mol. The lowest BCUT2D eigenvalue weighted by Crippen LogP contribution is -2.45. The summed E-state index contributed by atoms with van der Waals surface area (Å²) >= 11 is 0. The molecule has 2 atom stereocenters. The summed E-state index contributed by atoms with van der Waals surface area (Å²) in [4.78, 5) is 25.5. The molecule has 2 N–H and O–H groups in total. The molecule has 0 aliphatic carbocycles. The molecule has 4 rings (SSSR count). The summed E-state index contributed by atoms with van der Waals surface area (Å²) in [6, 6.07) is 10.8. The third-order valence-electron chi connectivity index (χ3n) is 5.70. The van der Waals surface area contributed by atoms with Crippen LogP contribution in [0.4, 0.5) is 10.5 Å². The van der Waals surface area contributed by atoms with Gasteiger partial charge in [0.15, 0.2) is 0 Å². The number of rotatable bonds is 3. The fourth-order valence-electron chi connectivity index (χ4n) is 4.37. The number of nitrogens with one attached hydrogen (secondary N) is 1. The van der Waals surface area contributed by atoms with Gasteiger partial charge in [0, 0.05) is 35.8 Å². The minimum absolute atomic E-state index is 0.159. The molecule has 2 heterocycles. The number of fused-ring (bicyclic) bond motifs is 3. The second-order valence-corrected chi connectivity index (χ2v) is 9.65. The minimum atomic E-state index is -3.85. The number of amides is 2. The van der Waals surface area contributed by atoms with Crippen molar-refractivity contribution >= 4 is 38.6 Å². The Kier molecular flexibility index (Phi) is 5.01. The number of aromatic nitrogens is 1. The van der Waals surface area contributed by atoms with Crippen molar-refractivity contribution in [2.24, 2.45) is 0 Å². The molecular formula is C22H23N3O5S. The molecule has 31 heavy (non-hydrogen) atoms. The Morgan fingerprint density at radius 3 is 2.39 bits per heavy atom. The van der Waals surface area contributed by atoms with Crippen LogP contribution in [0, 0.1) is 6.92 Å². The van der Waals surface area contributed by atoms with Crippen LogP contribution in [0.3, 0.4) is 0 Å². The van der Waals surface area contributed by atoms with Gasteiger partial charge in [-0.15, -0.1) is 0 Å². The van der Waals surface area contributed by atoms with E-state index in [9.17, 15) is 23.1 Å². The fourth-order valence-corrected chi connectivity index (χ4v) is 5.72. The number of carbonyl (C=O) groups excluding carboxylic acids is 1. The minimum Gasteiger partial charge on any atom is -0.465 e. The van der Waals surface area contributed by atoms with Gasteiger partial charge in [-0.25, -0.2) is 17.2 Å². The van der Waals surface area contributed by atoms with Crippen LogP contribution < -0.4 is 10.2 Å². The molecule has 0 spiro atoms. The highest BCUT2D eigenvalue weighted by atomic mass is 32.2. The highest BCUT2D eigenvalue weighted by Gasteiger charge is 2.35.